The van der Waals surface area contributed by atoms with Crippen molar-refractivity contribution in [1.82, 2.24) is 0 Å². The largest absolute Gasteiger partial charge is 0.465 e. The molecule has 98 valence electrons. The molecule has 0 saturated carbocycles. The number of halogens is 1. The number of carbonyl (C=O) groups is 1. The Hall–Kier alpha value is -1.23. The van der Waals surface area contributed by atoms with Crippen LogP contribution >= 0.6 is 11.8 Å². The zero-order valence-electron chi connectivity index (χ0n) is 10.2. The van der Waals surface area contributed by atoms with Crippen molar-refractivity contribution >= 4 is 23.4 Å². The van der Waals surface area contributed by atoms with Gasteiger partial charge in [0.05, 0.1) is 12.7 Å². The Morgan fingerprint density at radius 3 is 3.11 bits per heavy atom. The van der Waals surface area contributed by atoms with Crippen LogP contribution in [0.3, 0.4) is 0 Å². The molecule has 0 aliphatic carbocycles. The smallest absolute Gasteiger partial charge is 0.340 e. The minimum absolute atomic E-state index is 0.253. The van der Waals surface area contributed by atoms with Gasteiger partial charge in [-0.3, -0.25) is 0 Å². The predicted octanol–water partition coefficient (Wildman–Crippen LogP) is 2.78. The maximum Gasteiger partial charge on any atom is 0.340 e. The highest BCUT2D eigenvalue weighted by atomic mass is 32.2. The first kappa shape index (κ1) is 13.2. The molecule has 1 fully saturated rings. The lowest BCUT2D eigenvalue weighted by Gasteiger charge is -2.14. The highest BCUT2D eigenvalue weighted by molar-refractivity contribution is 7.99. The maximum absolute atomic E-state index is 13.1. The highest BCUT2D eigenvalue weighted by Crippen LogP contribution is 2.25. The van der Waals surface area contributed by atoms with E-state index in [1.54, 1.807) is 6.07 Å². The average molecular weight is 269 g/mol. The van der Waals surface area contributed by atoms with Crippen molar-refractivity contribution in [2.45, 2.75) is 6.42 Å². The third-order valence-corrected chi connectivity index (χ3v) is 4.22. The van der Waals surface area contributed by atoms with E-state index < -0.39 is 11.8 Å². The van der Waals surface area contributed by atoms with Crippen molar-refractivity contribution in [3.63, 3.8) is 0 Å². The highest BCUT2D eigenvalue weighted by Gasteiger charge is 2.17. The first-order valence-corrected chi connectivity index (χ1v) is 7.05. The summed E-state index contributed by atoms with van der Waals surface area (Å²) < 4.78 is 17.8. The van der Waals surface area contributed by atoms with Crippen molar-refractivity contribution in [2.75, 3.05) is 30.5 Å². The summed E-state index contributed by atoms with van der Waals surface area (Å²) in [5.41, 5.74) is 0.892. The second kappa shape index (κ2) is 6.09. The molecule has 0 spiro atoms. The third-order valence-electron chi connectivity index (χ3n) is 2.99. The molecule has 1 aromatic rings. The predicted molar refractivity (Wildman–Crippen MR) is 71.7 cm³/mol. The second-order valence-electron chi connectivity index (χ2n) is 4.29. The minimum Gasteiger partial charge on any atom is -0.465 e. The van der Waals surface area contributed by atoms with Gasteiger partial charge >= 0.3 is 5.97 Å². The zero-order valence-corrected chi connectivity index (χ0v) is 11.1. The summed E-state index contributed by atoms with van der Waals surface area (Å²) in [7, 11) is 1.30. The summed E-state index contributed by atoms with van der Waals surface area (Å²) in [4.78, 5) is 11.5. The SMILES string of the molecule is COC(=O)c1cc(F)ccc1NCC1CCSC1. The van der Waals surface area contributed by atoms with Crippen molar-refractivity contribution in [2.24, 2.45) is 5.92 Å². The molecule has 0 radical (unpaired) electrons. The Bertz CT molecular complexity index is 433. The van der Waals surface area contributed by atoms with Gasteiger partial charge < -0.3 is 10.1 Å². The first-order chi connectivity index (χ1) is 8.70. The monoisotopic (exact) mass is 269 g/mol. The molecule has 1 saturated heterocycles. The Labute approximate surface area is 110 Å². The molecule has 1 heterocycles. The Kier molecular flexibility index (Phi) is 4.47. The van der Waals surface area contributed by atoms with Gasteiger partial charge in [0.2, 0.25) is 0 Å². The van der Waals surface area contributed by atoms with E-state index in [0.29, 0.717) is 11.6 Å². The number of rotatable bonds is 4. The van der Waals surface area contributed by atoms with Crippen LogP contribution in [0.2, 0.25) is 0 Å². The van der Waals surface area contributed by atoms with Crippen LogP contribution in [0.4, 0.5) is 10.1 Å². The number of methoxy groups -OCH3 is 1. The second-order valence-corrected chi connectivity index (χ2v) is 5.44. The summed E-state index contributed by atoms with van der Waals surface area (Å²) in [5.74, 6) is 2.00. The van der Waals surface area contributed by atoms with Gasteiger partial charge in [0.1, 0.15) is 5.82 Å². The van der Waals surface area contributed by atoms with Gasteiger partial charge in [-0.15, -0.1) is 0 Å². The van der Waals surface area contributed by atoms with E-state index >= 15 is 0 Å². The molecule has 1 aliphatic heterocycles. The molecule has 18 heavy (non-hydrogen) atoms. The van der Waals surface area contributed by atoms with E-state index in [2.05, 4.69) is 10.1 Å². The molecular weight excluding hydrogens is 253 g/mol. The van der Waals surface area contributed by atoms with Crippen molar-refractivity contribution in [3.8, 4) is 0 Å². The van der Waals surface area contributed by atoms with E-state index in [-0.39, 0.29) is 5.56 Å². The maximum atomic E-state index is 13.1. The topological polar surface area (TPSA) is 38.3 Å². The number of anilines is 1. The lowest BCUT2D eigenvalue weighted by Crippen LogP contribution is -2.16. The van der Waals surface area contributed by atoms with Crippen molar-refractivity contribution in [3.05, 3.63) is 29.6 Å². The molecule has 1 aliphatic rings. The number of nitrogens with one attached hydrogen (secondary N) is 1. The van der Waals surface area contributed by atoms with E-state index in [1.165, 1.54) is 31.4 Å². The van der Waals surface area contributed by atoms with Crippen LogP contribution in [0.15, 0.2) is 18.2 Å². The van der Waals surface area contributed by atoms with Crippen LogP contribution in [0.5, 0.6) is 0 Å². The minimum atomic E-state index is -0.516. The van der Waals surface area contributed by atoms with E-state index in [0.717, 1.165) is 12.3 Å². The summed E-state index contributed by atoms with van der Waals surface area (Å²) in [5, 5.41) is 3.22. The first-order valence-electron chi connectivity index (χ1n) is 5.90. The van der Waals surface area contributed by atoms with Gasteiger partial charge in [0.15, 0.2) is 0 Å². The van der Waals surface area contributed by atoms with E-state index in [4.69, 9.17) is 0 Å². The molecular formula is C13H16FNO2S. The quantitative estimate of drug-likeness (QED) is 0.853. The van der Waals surface area contributed by atoms with Gasteiger partial charge in [0, 0.05) is 12.2 Å². The fourth-order valence-electron chi connectivity index (χ4n) is 1.95. The van der Waals surface area contributed by atoms with Crippen molar-refractivity contribution in [1.29, 1.82) is 0 Å². The normalized spacial score (nSPS) is 18.7. The van der Waals surface area contributed by atoms with E-state index in [9.17, 15) is 9.18 Å². The standard InChI is InChI=1S/C13H16FNO2S/c1-17-13(16)11-6-10(14)2-3-12(11)15-7-9-4-5-18-8-9/h2-3,6,9,15H,4-5,7-8H2,1H3. The molecule has 1 aromatic carbocycles. The number of benzene rings is 1. The number of esters is 1. The fourth-order valence-corrected chi connectivity index (χ4v) is 3.23. The van der Waals surface area contributed by atoms with Crippen molar-refractivity contribution < 1.29 is 13.9 Å². The average Bonchev–Trinajstić information content (AvgIpc) is 2.89. The Morgan fingerprint density at radius 2 is 2.44 bits per heavy atom. The molecule has 0 bridgehead atoms. The lowest BCUT2D eigenvalue weighted by molar-refractivity contribution is 0.0601. The van der Waals surface area contributed by atoms with Gasteiger partial charge in [-0.2, -0.15) is 11.8 Å². The molecule has 1 N–H and O–H groups in total. The Balaban J connectivity index is 2.08. The number of hydrogen-bond acceptors (Lipinski definition) is 4. The van der Waals surface area contributed by atoms with E-state index in [1.807, 2.05) is 11.8 Å². The molecule has 5 heteroatoms. The summed E-state index contributed by atoms with van der Waals surface area (Å²) >= 11 is 1.94. The molecule has 0 aromatic heterocycles. The lowest BCUT2D eigenvalue weighted by atomic mass is 10.1. The zero-order chi connectivity index (χ0) is 13.0. The summed E-state index contributed by atoms with van der Waals surface area (Å²) in [6, 6.07) is 4.14. The van der Waals surface area contributed by atoms with Crippen LogP contribution in [-0.4, -0.2) is 31.1 Å². The Morgan fingerprint density at radius 1 is 1.61 bits per heavy atom. The van der Waals surface area contributed by atoms with Crippen LogP contribution in [0, 0.1) is 11.7 Å². The number of ether oxygens (including phenoxy) is 1. The molecule has 1 atom stereocenters. The molecule has 3 nitrogen and oxygen atoms in total. The van der Waals surface area contributed by atoms with Crippen LogP contribution < -0.4 is 5.32 Å². The van der Waals surface area contributed by atoms with Crippen LogP contribution in [-0.2, 0) is 4.74 Å². The van der Waals surface area contributed by atoms with Gasteiger partial charge in [-0.25, -0.2) is 9.18 Å². The number of thioether (sulfide) groups is 1. The molecule has 0 amide bonds. The van der Waals surface area contributed by atoms with Gasteiger partial charge in [-0.05, 0) is 42.0 Å². The molecule has 1 unspecified atom stereocenters. The number of carbonyl (C=O) groups excluding carboxylic acids is 1. The summed E-state index contributed by atoms with van der Waals surface area (Å²) in [6.07, 6.45) is 1.19. The third kappa shape index (κ3) is 3.16. The number of hydrogen-bond donors (Lipinski definition) is 1. The van der Waals surface area contributed by atoms with Crippen LogP contribution in [0.1, 0.15) is 16.8 Å². The van der Waals surface area contributed by atoms with Crippen LogP contribution in [0.25, 0.3) is 0 Å². The summed E-state index contributed by atoms with van der Waals surface area (Å²) in [6.45, 7) is 0.808. The molecule has 2 rings (SSSR count). The fraction of sp³-hybridized carbons (Fsp3) is 0.462. The van der Waals surface area contributed by atoms with Gasteiger partial charge in [0.25, 0.3) is 0 Å². The van der Waals surface area contributed by atoms with Gasteiger partial charge in [-0.1, -0.05) is 0 Å².